The summed E-state index contributed by atoms with van der Waals surface area (Å²) in [6, 6.07) is 5.99. The molecule has 2 aliphatic heterocycles. The van der Waals surface area contributed by atoms with E-state index in [4.69, 9.17) is 10.5 Å². The zero-order valence-corrected chi connectivity index (χ0v) is 11.8. The number of hydrogen-bond donors (Lipinski definition) is 2. The number of urea groups is 1. The Bertz CT molecular complexity index is 512. The quantitative estimate of drug-likeness (QED) is 0.889. The highest BCUT2D eigenvalue weighted by Gasteiger charge is 2.22. The van der Waals surface area contributed by atoms with Gasteiger partial charge in [0.05, 0.1) is 6.10 Å². The Morgan fingerprint density at radius 3 is 3.15 bits per heavy atom. The van der Waals surface area contributed by atoms with Crippen molar-refractivity contribution in [3.8, 4) is 0 Å². The summed E-state index contributed by atoms with van der Waals surface area (Å²) in [5, 5.41) is 2.87. The Balaban J connectivity index is 1.74. The van der Waals surface area contributed by atoms with E-state index in [9.17, 15) is 4.79 Å². The fourth-order valence-electron chi connectivity index (χ4n) is 2.88. The minimum atomic E-state index is -0.0612. The van der Waals surface area contributed by atoms with Gasteiger partial charge in [-0.3, -0.25) is 0 Å². The van der Waals surface area contributed by atoms with Crippen molar-refractivity contribution in [2.45, 2.75) is 38.0 Å². The summed E-state index contributed by atoms with van der Waals surface area (Å²) < 4.78 is 5.64. The molecular weight excluding hydrogens is 254 g/mol. The highest BCUT2D eigenvalue weighted by atomic mass is 16.5. The summed E-state index contributed by atoms with van der Waals surface area (Å²) in [7, 11) is 1.79. The van der Waals surface area contributed by atoms with Gasteiger partial charge in [-0.05, 0) is 36.5 Å². The molecule has 20 heavy (non-hydrogen) atoms. The maximum atomic E-state index is 11.6. The van der Waals surface area contributed by atoms with Crippen LogP contribution in [0.15, 0.2) is 18.2 Å². The highest BCUT2D eigenvalue weighted by Crippen LogP contribution is 2.28. The van der Waals surface area contributed by atoms with Crippen LogP contribution in [0, 0.1) is 0 Å². The molecule has 2 heterocycles. The van der Waals surface area contributed by atoms with E-state index in [1.807, 2.05) is 12.1 Å². The summed E-state index contributed by atoms with van der Waals surface area (Å²) in [6.07, 6.45) is 3.40. The lowest BCUT2D eigenvalue weighted by molar-refractivity contribution is 0.0983. The predicted octanol–water partition coefficient (Wildman–Crippen LogP) is 2.23. The number of anilines is 1. The van der Waals surface area contributed by atoms with Crippen molar-refractivity contribution < 1.29 is 9.53 Å². The van der Waals surface area contributed by atoms with Gasteiger partial charge >= 0.3 is 6.03 Å². The molecule has 1 saturated heterocycles. The van der Waals surface area contributed by atoms with Gasteiger partial charge in [0.15, 0.2) is 0 Å². The van der Waals surface area contributed by atoms with Crippen molar-refractivity contribution in [2.24, 2.45) is 5.73 Å². The number of rotatable bonds is 3. The van der Waals surface area contributed by atoms with Crippen molar-refractivity contribution in [3.05, 3.63) is 29.3 Å². The van der Waals surface area contributed by atoms with Crippen LogP contribution in [0.2, 0.25) is 0 Å². The van der Waals surface area contributed by atoms with Gasteiger partial charge in [-0.15, -0.1) is 0 Å². The maximum absolute atomic E-state index is 11.6. The molecule has 3 rings (SSSR count). The van der Waals surface area contributed by atoms with E-state index in [1.165, 1.54) is 0 Å². The van der Waals surface area contributed by atoms with Gasteiger partial charge in [-0.25, -0.2) is 4.79 Å². The predicted molar refractivity (Wildman–Crippen MR) is 77.4 cm³/mol. The number of nitrogens with two attached hydrogens (primary N) is 1. The molecule has 0 saturated carbocycles. The molecule has 5 heteroatoms. The molecule has 0 aromatic heterocycles. The summed E-state index contributed by atoms with van der Waals surface area (Å²) in [5.74, 6) is 0. The number of carbonyl (C=O) groups is 1. The molecule has 1 aromatic rings. The van der Waals surface area contributed by atoms with Crippen LogP contribution in [0.5, 0.6) is 0 Å². The third kappa shape index (κ3) is 2.64. The molecule has 0 spiro atoms. The van der Waals surface area contributed by atoms with Gasteiger partial charge in [0, 0.05) is 31.9 Å². The Kier molecular flexibility index (Phi) is 3.63. The van der Waals surface area contributed by atoms with Crippen molar-refractivity contribution in [3.63, 3.8) is 0 Å². The zero-order chi connectivity index (χ0) is 14.1. The van der Waals surface area contributed by atoms with E-state index >= 15 is 0 Å². The number of ether oxygens (including phenoxy) is 1. The molecule has 108 valence electrons. The molecule has 2 aliphatic rings. The lowest BCUT2D eigenvalue weighted by Gasteiger charge is -2.27. The van der Waals surface area contributed by atoms with E-state index in [0.29, 0.717) is 12.6 Å². The van der Waals surface area contributed by atoms with Gasteiger partial charge < -0.3 is 20.7 Å². The number of benzene rings is 1. The highest BCUT2D eigenvalue weighted by molar-refractivity contribution is 5.92. The second-order valence-electron chi connectivity index (χ2n) is 5.68. The minimum Gasteiger partial charge on any atom is -0.378 e. The van der Waals surface area contributed by atoms with Crippen LogP contribution < -0.4 is 11.1 Å². The molecule has 2 atom stereocenters. The van der Waals surface area contributed by atoms with Crippen LogP contribution in [0.1, 0.15) is 36.4 Å². The van der Waals surface area contributed by atoms with Crippen LogP contribution in [-0.2, 0) is 11.3 Å². The Morgan fingerprint density at radius 2 is 2.40 bits per heavy atom. The lowest BCUT2D eigenvalue weighted by atomic mass is 9.97. The first kappa shape index (κ1) is 13.4. The first-order valence-corrected chi connectivity index (χ1v) is 7.15. The number of hydrogen-bond acceptors (Lipinski definition) is 3. The smallest absolute Gasteiger partial charge is 0.321 e. The number of fused-ring (bicyclic) bond motifs is 1. The number of nitrogens with zero attached hydrogens (tertiary/aromatic N) is 1. The first-order valence-electron chi connectivity index (χ1n) is 7.15. The SMILES string of the molecule is CN1Cc2cc(C(N)CC3CCCO3)ccc2NC1=O. The molecular formula is C15H21N3O2. The minimum absolute atomic E-state index is 0.00802. The lowest BCUT2D eigenvalue weighted by Crippen LogP contribution is -2.35. The maximum Gasteiger partial charge on any atom is 0.321 e. The second kappa shape index (κ2) is 5.42. The summed E-state index contributed by atoms with van der Waals surface area (Å²) in [6.45, 7) is 1.49. The zero-order valence-electron chi connectivity index (χ0n) is 11.8. The average molecular weight is 275 g/mol. The van der Waals surface area contributed by atoms with Crippen LogP contribution in [-0.4, -0.2) is 30.7 Å². The number of nitrogens with one attached hydrogen (secondary N) is 1. The van der Waals surface area contributed by atoms with E-state index < -0.39 is 0 Å². The molecule has 2 amide bonds. The molecule has 1 fully saturated rings. The van der Waals surface area contributed by atoms with Gasteiger partial charge in [0.2, 0.25) is 0 Å². The van der Waals surface area contributed by atoms with Crippen molar-refractivity contribution in [2.75, 3.05) is 19.0 Å². The van der Waals surface area contributed by atoms with Gasteiger partial charge in [0.25, 0.3) is 0 Å². The van der Waals surface area contributed by atoms with Crippen LogP contribution in [0.3, 0.4) is 0 Å². The van der Waals surface area contributed by atoms with E-state index in [0.717, 1.165) is 42.7 Å². The van der Waals surface area contributed by atoms with Crippen molar-refractivity contribution >= 4 is 11.7 Å². The van der Waals surface area contributed by atoms with Crippen molar-refractivity contribution in [1.82, 2.24) is 4.90 Å². The molecule has 0 aliphatic carbocycles. The fraction of sp³-hybridized carbons (Fsp3) is 0.533. The van der Waals surface area contributed by atoms with E-state index in [2.05, 4.69) is 11.4 Å². The first-order chi connectivity index (χ1) is 9.63. The van der Waals surface area contributed by atoms with Gasteiger partial charge in [0.1, 0.15) is 0 Å². The summed E-state index contributed by atoms with van der Waals surface area (Å²) >= 11 is 0. The second-order valence-corrected chi connectivity index (χ2v) is 5.68. The van der Waals surface area contributed by atoms with Crippen LogP contribution in [0.4, 0.5) is 10.5 Å². The molecule has 1 aromatic carbocycles. The fourth-order valence-corrected chi connectivity index (χ4v) is 2.88. The standard InChI is InChI=1S/C15H21N3O2/c1-18-9-11-7-10(4-5-14(11)17-15(18)19)13(16)8-12-3-2-6-20-12/h4-5,7,12-13H,2-3,6,8-9,16H2,1H3,(H,17,19). The topological polar surface area (TPSA) is 67.6 Å². The molecule has 0 bridgehead atoms. The van der Waals surface area contributed by atoms with E-state index in [1.54, 1.807) is 11.9 Å². The molecule has 2 unspecified atom stereocenters. The van der Waals surface area contributed by atoms with E-state index in [-0.39, 0.29) is 12.1 Å². The molecule has 3 N–H and O–H groups in total. The van der Waals surface area contributed by atoms with Crippen LogP contribution >= 0.6 is 0 Å². The largest absolute Gasteiger partial charge is 0.378 e. The van der Waals surface area contributed by atoms with Crippen molar-refractivity contribution in [1.29, 1.82) is 0 Å². The number of carbonyl (C=O) groups excluding carboxylic acids is 1. The normalized spacial score (nSPS) is 23.4. The van der Waals surface area contributed by atoms with Crippen LogP contribution in [0.25, 0.3) is 0 Å². The molecule has 5 nitrogen and oxygen atoms in total. The third-order valence-electron chi connectivity index (χ3n) is 4.09. The Hall–Kier alpha value is -1.59. The Morgan fingerprint density at radius 1 is 1.55 bits per heavy atom. The Labute approximate surface area is 119 Å². The average Bonchev–Trinajstić information content (AvgIpc) is 2.92. The van der Waals surface area contributed by atoms with Gasteiger partial charge in [-0.2, -0.15) is 0 Å². The number of amides is 2. The third-order valence-corrected chi connectivity index (χ3v) is 4.09. The van der Waals surface area contributed by atoms with Gasteiger partial charge in [-0.1, -0.05) is 12.1 Å². The summed E-state index contributed by atoms with van der Waals surface area (Å²) in [5.41, 5.74) is 9.41. The summed E-state index contributed by atoms with van der Waals surface area (Å²) in [4.78, 5) is 13.2. The monoisotopic (exact) mass is 275 g/mol. The molecule has 0 radical (unpaired) electrons.